The summed E-state index contributed by atoms with van der Waals surface area (Å²) >= 11 is 0. The Morgan fingerprint density at radius 3 is 2.54 bits per heavy atom. The lowest BCUT2D eigenvalue weighted by Crippen LogP contribution is -2.45. The molecule has 0 N–H and O–H groups in total. The number of anilines is 1. The molecule has 4 rings (SSSR count). The van der Waals surface area contributed by atoms with Crippen LogP contribution in [0, 0.1) is 19.8 Å². The highest BCUT2D eigenvalue weighted by atomic mass is 32.2. The summed E-state index contributed by atoms with van der Waals surface area (Å²) in [6.45, 7) is 4.63. The molecular weight excluding hydrogens is 378 g/mol. The third-order valence-corrected chi connectivity index (χ3v) is 7.89. The Morgan fingerprint density at radius 2 is 1.86 bits per heavy atom. The number of rotatable bonds is 3. The predicted molar refractivity (Wildman–Crippen MR) is 105 cm³/mol. The lowest BCUT2D eigenvalue weighted by atomic mass is 9.94. The Balaban J connectivity index is 1.47. The van der Waals surface area contributed by atoms with Gasteiger partial charge in [0.05, 0.1) is 0 Å². The van der Waals surface area contributed by atoms with Gasteiger partial charge in [0.2, 0.25) is 15.9 Å². The van der Waals surface area contributed by atoms with Crippen LogP contribution in [0.15, 0.2) is 33.7 Å². The van der Waals surface area contributed by atoms with Gasteiger partial charge in [-0.25, -0.2) is 8.42 Å². The quantitative estimate of drug-likeness (QED) is 0.787. The summed E-state index contributed by atoms with van der Waals surface area (Å²) in [5.41, 5.74) is 2.59. The summed E-state index contributed by atoms with van der Waals surface area (Å²) in [4.78, 5) is 15.2. The molecular formula is C20H25N3O4S. The zero-order valence-corrected chi connectivity index (χ0v) is 17.0. The lowest BCUT2D eigenvalue weighted by molar-refractivity contribution is -0.123. The molecule has 2 aromatic rings. The molecule has 0 atom stereocenters. The van der Waals surface area contributed by atoms with Crippen molar-refractivity contribution >= 4 is 21.6 Å². The van der Waals surface area contributed by atoms with Gasteiger partial charge in [-0.1, -0.05) is 23.4 Å². The van der Waals surface area contributed by atoms with Gasteiger partial charge < -0.3 is 9.42 Å². The fraction of sp³-hybridized carbons (Fsp3) is 0.500. The summed E-state index contributed by atoms with van der Waals surface area (Å²) in [5.74, 6) is 0.268. The number of sulfonamides is 1. The van der Waals surface area contributed by atoms with Gasteiger partial charge in [-0.05, 0) is 51.2 Å². The van der Waals surface area contributed by atoms with E-state index in [1.165, 1.54) is 9.87 Å². The van der Waals surface area contributed by atoms with E-state index in [4.69, 9.17) is 4.52 Å². The van der Waals surface area contributed by atoms with E-state index in [0.717, 1.165) is 25.1 Å². The number of aryl methyl sites for hydroxylation is 3. The summed E-state index contributed by atoms with van der Waals surface area (Å²) in [7, 11) is -3.65. The summed E-state index contributed by atoms with van der Waals surface area (Å²) in [6, 6.07) is 8.05. The molecule has 0 saturated carbocycles. The van der Waals surface area contributed by atoms with Gasteiger partial charge in [0, 0.05) is 31.2 Å². The molecule has 0 spiro atoms. The van der Waals surface area contributed by atoms with Gasteiger partial charge in [-0.15, -0.1) is 0 Å². The molecule has 0 aliphatic carbocycles. The van der Waals surface area contributed by atoms with Crippen molar-refractivity contribution in [2.75, 3.05) is 24.5 Å². The van der Waals surface area contributed by atoms with E-state index >= 15 is 0 Å². The van der Waals surface area contributed by atoms with Crippen LogP contribution in [0.4, 0.5) is 5.69 Å². The standard InChI is InChI=1S/C20H25N3O4S/c1-14-19(15(2)27-21-14)28(25,26)22-12-9-17(10-13-22)20(24)23-11-5-7-16-6-3-4-8-18(16)23/h3-4,6,8,17H,5,7,9-13H2,1-2H3. The van der Waals surface area contributed by atoms with E-state index in [9.17, 15) is 13.2 Å². The van der Waals surface area contributed by atoms with Crippen LogP contribution >= 0.6 is 0 Å². The highest BCUT2D eigenvalue weighted by molar-refractivity contribution is 7.89. The Labute approximate surface area is 165 Å². The third-order valence-electron chi connectivity index (χ3n) is 5.75. The number of hydrogen-bond donors (Lipinski definition) is 0. The van der Waals surface area contributed by atoms with Crippen LogP contribution in [-0.4, -0.2) is 43.4 Å². The zero-order valence-electron chi connectivity index (χ0n) is 16.2. The van der Waals surface area contributed by atoms with Gasteiger partial charge in [-0.2, -0.15) is 4.31 Å². The Kier molecular flexibility index (Phi) is 5.01. The number of hydrogen-bond acceptors (Lipinski definition) is 5. The first-order valence-electron chi connectivity index (χ1n) is 9.72. The third kappa shape index (κ3) is 3.24. The van der Waals surface area contributed by atoms with Crippen molar-refractivity contribution in [2.45, 2.75) is 44.4 Å². The van der Waals surface area contributed by atoms with E-state index in [2.05, 4.69) is 11.2 Å². The van der Waals surface area contributed by atoms with Crippen molar-refractivity contribution < 1.29 is 17.7 Å². The molecule has 8 heteroatoms. The van der Waals surface area contributed by atoms with Crippen molar-refractivity contribution in [3.8, 4) is 0 Å². The van der Waals surface area contributed by atoms with Crippen molar-refractivity contribution in [3.63, 3.8) is 0 Å². The molecule has 1 saturated heterocycles. The molecule has 1 amide bonds. The highest BCUT2D eigenvalue weighted by Crippen LogP contribution is 2.32. The average molecular weight is 404 g/mol. The van der Waals surface area contributed by atoms with Crippen molar-refractivity contribution in [1.29, 1.82) is 0 Å². The Morgan fingerprint density at radius 1 is 1.14 bits per heavy atom. The first kappa shape index (κ1) is 19.1. The van der Waals surface area contributed by atoms with E-state index in [0.29, 0.717) is 37.4 Å². The molecule has 1 aromatic heterocycles. The molecule has 28 heavy (non-hydrogen) atoms. The van der Waals surface area contributed by atoms with E-state index in [1.54, 1.807) is 13.8 Å². The predicted octanol–water partition coefficient (Wildman–Crippen LogP) is 2.67. The monoisotopic (exact) mass is 403 g/mol. The average Bonchev–Trinajstić information content (AvgIpc) is 3.06. The molecule has 2 aliphatic heterocycles. The summed E-state index contributed by atoms with van der Waals surface area (Å²) in [6.07, 6.45) is 3.01. The number of carbonyl (C=O) groups excluding carboxylic acids is 1. The molecule has 0 bridgehead atoms. The smallest absolute Gasteiger partial charge is 0.248 e. The topological polar surface area (TPSA) is 83.7 Å². The van der Waals surface area contributed by atoms with Gasteiger partial charge in [0.25, 0.3) is 0 Å². The van der Waals surface area contributed by atoms with Crippen LogP contribution in [0.25, 0.3) is 0 Å². The van der Waals surface area contributed by atoms with Crippen molar-refractivity contribution in [3.05, 3.63) is 41.3 Å². The number of carbonyl (C=O) groups is 1. The van der Waals surface area contributed by atoms with Crippen LogP contribution in [0.3, 0.4) is 0 Å². The van der Waals surface area contributed by atoms with Crippen LogP contribution in [0.1, 0.15) is 36.3 Å². The first-order valence-corrected chi connectivity index (χ1v) is 11.2. The minimum atomic E-state index is -3.65. The van der Waals surface area contributed by atoms with Crippen LogP contribution in [0.2, 0.25) is 0 Å². The molecule has 7 nitrogen and oxygen atoms in total. The maximum Gasteiger partial charge on any atom is 0.248 e. The minimum Gasteiger partial charge on any atom is -0.360 e. The fourth-order valence-corrected chi connectivity index (χ4v) is 6.06. The SMILES string of the molecule is Cc1noc(C)c1S(=O)(=O)N1CCC(C(=O)N2CCCc3ccccc32)CC1. The number of fused-ring (bicyclic) bond motifs is 1. The normalized spacial score (nSPS) is 18.9. The van der Waals surface area contributed by atoms with Crippen LogP contribution < -0.4 is 4.90 Å². The van der Waals surface area contributed by atoms with E-state index in [1.807, 2.05) is 23.1 Å². The number of para-hydroxylation sites is 1. The molecule has 150 valence electrons. The summed E-state index contributed by atoms with van der Waals surface area (Å²) in [5, 5.41) is 3.76. The molecule has 2 aliphatic rings. The second kappa shape index (κ2) is 7.33. The van der Waals surface area contributed by atoms with Crippen molar-refractivity contribution in [2.24, 2.45) is 5.92 Å². The van der Waals surface area contributed by atoms with Gasteiger partial charge in [0.1, 0.15) is 10.6 Å². The second-order valence-electron chi connectivity index (χ2n) is 7.55. The van der Waals surface area contributed by atoms with Crippen LogP contribution in [0.5, 0.6) is 0 Å². The van der Waals surface area contributed by atoms with Crippen molar-refractivity contribution in [1.82, 2.24) is 9.46 Å². The number of benzene rings is 1. The maximum atomic E-state index is 13.1. The van der Waals surface area contributed by atoms with Gasteiger partial charge in [-0.3, -0.25) is 4.79 Å². The second-order valence-corrected chi connectivity index (χ2v) is 9.43. The Hall–Kier alpha value is -2.19. The maximum absolute atomic E-state index is 13.1. The summed E-state index contributed by atoms with van der Waals surface area (Å²) < 4.78 is 32.4. The van der Waals surface area contributed by atoms with Gasteiger partial charge in [0.15, 0.2) is 5.76 Å². The van der Waals surface area contributed by atoms with E-state index < -0.39 is 10.0 Å². The molecule has 0 radical (unpaired) electrons. The largest absolute Gasteiger partial charge is 0.360 e. The zero-order chi connectivity index (χ0) is 19.9. The molecule has 0 unspecified atom stereocenters. The van der Waals surface area contributed by atoms with Gasteiger partial charge >= 0.3 is 0 Å². The number of amides is 1. The first-order chi connectivity index (χ1) is 13.4. The molecule has 3 heterocycles. The molecule has 1 aromatic carbocycles. The number of piperidine rings is 1. The molecule has 1 fully saturated rings. The highest BCUT2D eigenvalue weighted by Gasteiger charge is 2.37. The van der Waals surface area contributed by atoms with Crippen LogP contribution in [-0.2, 0) is 21.2 Å². The fourth-order valence-electron chi connectivity index (χ4n) is 4.30. The number of nitrogens with zero attached hydrogens (tertiary/aromatic N) is 3. The minimum absolute atomic E-state index is 0.113. The number of aromatic nitrogens is 1. The van der Waals surface area contributed by atoms with E-state index in [-0.39, 0.29) is 16.7 Å². The lowest BCUT2D eigenvalue weighted by Gasteiger charge is -2.36. The Bertz CT molecular complexity index is 971.